The molecule has 0 bridgehead atoms. The van der Waals surface area contributed by atoms with Gasteiger partial charge in [0.2, 0.25) is 0 Å². The first-order valence-electron chi connectivity index (χ1n) is 8.32. The molecule has 1 atom stereocenters. The molecule has 0 fully saturated rings. The summed E-state index contributed by atoms with van der Waals surface area (Å²) in [6.07, 6.45) is 3.68. The minimum absolute atomic E-state index is 0.0479. The highest BCUT2D eigenvalue weighted by molar-refractivity contribution is 5.74. The third kappa shape index (κ3) is 4.26. The summed E-state index contributed by atoms with van der Waals surface area (Å²) in [5.74, 6) is 0. The number of hydrogen-bond donors (Lipinski definition) is 2. The number of nitrogens with zero attached hydrogens (tertiary/aromatic N) is 2. The molecule has 0 aliphatic carbocycles. The second-order valence-corrected chi connectivity index (χ2v) is 6.03. The molecular formula is C20H22N4O. The first kappa shape index (κ1) is 16.8. The van der Waals surface area contributed by atoms with Crippen LogP contribution >= 0.6 is 0 Å². The monoisotopic (exact) mass is 334 g/mol. The molecule has 1 heterocycles. The lowest BCUT2D eigenvalue weighted by molar-refractivity contribution is 0.237. The minimum atomic E-state index is -0.191. The Hall–Kier alpha value is -3.08. The molecule has 25 heavy (non-hydrogen) atoms. The maximum Gasteiger partial charge on any atom is 0.315 e. The molecule has 0 aliphatic rings. The summed E-state index contributed by atoms with van der Waals surface area (Å²) in [5.41, 5.74) is 4.22. The highest BCUT2D eigenvalue weighted by atomic mass is 16.2. The second-order valence-electron chi connectivity index (χ2n) is 6.03. The molecule has 1 unspecified atom stereocenters. The number of hydrogen-bond acceptors (Lipinski definition) is 2. The van der Waals surface area contributed by atoms with Crippen LogP contribution in [0.2, 0.25) is 0 Å². The van der Waals surface area contributed by atoms with Crippen molar-refractivity contribution in [3.05, 3.63) is 83.7 Å². The lowest BCUT2D eigenvalue weighted by Gasteiger charge is -2.16. The highest BCUT2D eigenvalue weighted by Gasteiger charge is 2.11. The van der Waals surface area contributed by atoms with E-state index in [9.17, 15) is 4.79 Å². The van der Waals surface area contributed by atoms with Crippen LogP contribution in [0.3, 0.4) is 0 Å². The third-order valence-electron chi connectivity index (χ3n) is 4.11. The maximum absolute atomic E-state index is 12.1. The van der Waals surface area contributed by atoms with Crippen molar-refractivity contribution in [3.8, 4) is 5.69 Å². The van der Waals surface area contributed by atoms with Gasteiger partial charge in [0.1, 0.15) is 0 Å². The molecule has 3 aromatic rings. The van der Waals surface area contributed by atoms with Gasteiger partial charge in [0.15, 0.2) is 0 Å². The van der Waals surface area contributed by atoms with Crippen LogP contribution in [0.4, 0.5) is 4.79 Å². The Kier molecular flexibility index (Phi) is 5.14. The Bertz CT molecular complexity index is 842. The zero-order valence-electron chi connectivity index (χ0n) is 14.4. The average Bonchev–Trinajstić information content (AvgIpc) is 3.10. The molecule has 2 amide bonds. The number of rotatable bonds is 5. The van der Waals surface area contributed by atoms with Crippen molar-refractivity contribution in [3.63, 3.8) is 0 Å². The minimum Gasteiger partial charge on any atom is -0.334 e. The van der Waals surface area contributed by atoms with Gasteiger partial charge in [-0.3, -0.25) is 0 Å². The van der Waals surface area contributed by atoms with Gasteiger partial charge >= 0.3 is 6.03 Å². The zero-order valence-corrected chi connectivity index (χ0v) is 14.4. The van der Waals surface area contributed by atoms with E-state index >= 15 is 0 Å². The fourth-order valence-corrected chi connectivity index (χ4v) is 2.75. The molecule has 2 aromatic carbocycles. The molecule has 3 rings (SSSR count). The molecule has 2 N–H and O–H groups in total. The summed E-state index contributed by atoms with van der Waals surface area (Å²) in [4.78, 5) is 12.1. The molecule has 0 saturated heterocycles. The van der Waals surface area contributed by atoms with E-state index in [0.717, 1.165) is 16.8 Å². The molecule has 128 valence electrons. The molecule has 5 nitrogen and oxygen atoms in total. The van der Waals surface area contributed by atoms with E-state index in [4.69, 9.17) is 0 Å². The lowest BCUT2D eigenvalue weighted by atomic mass is 10.0. The van der Waals surface area contributed by atoms with Crippen molar-refractivity contribution < 1.29 is 4.79 Å². The number of carbonyl (C=O) groups is 1. The molecule has 5 heteroatoms. The number of urea groups is 1. The van der Waals surface area contributed by atoms with Crippen LogP contribution in [-0.4, -0.2) is 15.8 Å². The van der Waals surface area contributed by atoms with E-state index in [1.54, 1.807) is 10.9 Å². The van der Waals surface area contributed by atoms with Gasteiger partial charge in [-0.15, -0.1) is 0 Å². The summed E-state index contributed by atoms with van der Waals surface area (Å²) < 4.78 is 1.80. The van der Waals surface area contributed by atoms with Crippen LogP contribution in [0.1, 0.15) is 29.7 Å². The Morgan fingerprint density at radius 1 is 1.12 bits per heavy atom. The van der Waals surface area contributed by atoms with E-state index in [1.807, 2.05) is 74.6 Å². The Morgan fingerprint density at radius 3 is 2.60 bits per heavy atom. The molecule has 0 spiro atoms. The summed E-state index contributed by atoms with van der Waals surface area (Å²) in [7, 11) is 0. The van der Waals surface area contributed by atoms with E-state index in [2.05, 4.69) is 15.7 Å². The standard InChI is InChI=1S/C20H22N4O/c1-15-8-6-7-11-19(15)16(2)23-20(25)21-12-17-13-22-24(14-17)18-9-4-3-5-10-18/h3-11,13-14,16H,12H2,1-2H3,(H2,21,23,25). The van der Waals surface area contributed by atoms with Crippen molar-refractivity contribution in [1.29, 1.82) is 0 Å². The number of nitrogens with one attached hydrogen (secondary N) is 2. The van der Waals surface area contributed by atoms with Gasteiger partial charge in [0, 0.05) is 18.3 Å². The molecule has 0 aliphatic heterocycles. The van der Waals surface area contributed by atoms with Crippen molar-refractivity contribution in [1.82, 2.24) is 20.4 Å². The van der Waals surface area contributed by atoms with Crippen LogP contribution in [0.15, 0.2) is 67.0 Å². The normalized spacial score (nSPS) is 11.8. The van der Waals surface area contributed by atoms with E-state index in [0.29, 0.717) is 6.54 Å². The van der Waals surface area contributed by atoms with Crippen molar-refractivity contribution in [2.45, 2.75) is 26.4 Å². The number of benzene rings is 2. The Morgan fingerprint density at radius 2 is 1.84 bits per heavy atom. The van der Waals surface area contributed by atoms with Crippen LogP contribution in [-0.2, 0) is 6.54 Å². The smallest absolute Gasteiger partial charge is 0.315 e. The molecule has 0 saturated carbocycles. The van der Waals surface area contributed by atoms with Crippen LogP contribution in [0.25, 0.3) is 5.69 Å². The first-order chi connectivity index (χ1) is 12.1. The van der Waals surface area contributed by atoms with Crippen molar-refractivity contribution >= 4 is 6.03 Å². The lowest BCUT2D eigenvalue weighted by Crippen LogP contribution is -2.36. The fraction of sp³-hybridized carbons (Fsp3) is 0.200. The van der Waals surface area contributed by atoms with Gasteiger partial charge in [-0.2, -0.15) is 5.10 Å². The number of carbonyl (C=O) groups excluding carboxylic acids is 1. The van der Waals surface area contributed by atoms with Gasteiger partial charge < -0.3 is 10.6 Å². The number of amides is 2. The summed E-state index contributed by atoms with van der Waals surface area (Å²) >= 11 is 0. The first-order valence-corrected chi connectivity index (χ1v) is 8.32. The fourth-order valence-electron chi connectivity index (χ4n) is 2.75. The zero-order chi connectivity index (χ0) is 17.6. The predicted octanol–water partition coefficient (Wildman–Crippen LogP) is 3.74. The third-order valence-corrected chi connectivity index (χ3v) is 4.11. The summed E-state index contributed by atoms with van der Waals surface area (Å²) in [5, 5.41) is 10.2. The number of aromatic nitrogens is 2. The summed E-state index contributed by atoms with van der Waals surface area (Å²) in [6.45, 7) is 4.46. The quantitative estimate of drug-likeness (QED) is 0.747. The topological polar surface area (TPSA) is 59.0 Å². The highest BCUT2D eigenvalue weighted by Crippen LogP contribution is 2.16. The van der Waals surface area contributed by atoms with Crippen molar-refractivity contribution in [2.24, 2.45) is 0 Å². The van der Waals surface area contributed by atoms with Gasteiger partial charge in [0.25, 0.3) is 0 Å². The van der Waals surface area contributed by atoms with E-state index < -0.39 is 0 Å². The Labute approximate surface area is 147 Å². The predicted molar refractivity (Wildman–Crippen MR) is 98.5 cm³/mol. The molecular weight excluding hydrogens is 312 g/mol. The van der Waals surface area contributed by atoms with Crippen LogP contribution < -0.4 is 10.6 Å². The molecule has 1 aromatic heterocycles. The van der Waals surface area contributed by atoms with Crippen LogP contribution in [0, 0.1) is 6.92 Å². The number of aryl methyl sites for hydroxylation is 1. The maximum atomic E-state index is 12.1. The SMILES string of the molecule is Cc1ccccc1C(C)NC(=O)NCc1cnn(-c2ccccc2)c1. The van der Waals surface area contributed by atoms with Crippen LogP contribution in [0.5, 0.6) is 0 Å². The Balaban J connectivity index is 1.54. The van der Waals surface area contributed by atoms with Gasteiger partial charge in [0.05, 0.1) is 17.9 Å². The second kappa shape index (κ2) is 7.66. The van der Waals surface area contributed by atoms with E-state index in [-0.39, 0.29) is 12.1 Å². The van der Waals surface area contributed by atoms with Crippen molar-refractivity contribution in [2.75, 3.05) is 0 Å². The largest absolute Gasteiger partial charge is 0.334 e. The molecule has 0 radical (unpaired) electrons. The van der Waals surface area contributed by atoms with E-state index in [1.165, 1.54) is 5.56 Å². The van der Waals surface area contributed by atoms with Gasteiger partial charge in [-0.25, -0.2) is 9.48 Å². The summed E-state index contributed by atoms with van der Waals surface area (Å²) in [6, 6.07) is 17.7. The van der Waals surface area contributed by atoms with Gasteiger partial charge in [-0.05, 0) is 37.1 Å². The number of para-hydroxylation sites is 1. The average molecular weight is 334 g/mol. The van der Waals surface area contributed by atoms with Gasteiger partial charge in [-0.1, -0.05) is 42.5 Å².